The maximum Gasteiger partial charge on any atom is 0.0541 e. The Bertz CT molecular complexity index is 3810. The first-order valence-electron chi connectivity index (χ1n) is 23.0. The first kappa shape index (κ1) is 38.2. The van der Waals surface area contributed by atoms with Crippen molar-refractivity contribution in [2.45, 2.75) is 18.6 Å². The zero-order valence-electron chi connectivity index (χ0n) is 36.4. The van der Waals surface area contributed by atoms with Crippen LogP contribution in [-0.4, -0.2) is 15.2 Å². The molecule has 0 fully saturated rings. The van der Waals surface area contributed by atoms with Crippen LogP contribution < -0.4 is 5.32 Å². The van der Waals surface area contributed by atoms with E-state index in [1.165, 1.54) is 104 Å². The van der Waals surface area contributed by atoms with Gasteiger partial charge in [0.05, 0.1) is 17.1 Å². The Labute approximate surface area is 384 Å². The Morgan fingerprint density at radius 2 is 0.833 bits per heavy atom. The Morgan fingerprint density at radius 3 is 1.61 bits per heavy atom. The van der Waals surface area contributed by atoms with Crippen molar-refractivity contribution in [3.63, 3.8) is 0 Å². The van der Waals surface area contributed by atoms with E-state index in [1.54, 1.807) is 0 Å². The van der Waals surface area contributed by atoms with E-state index in [1.807, 2.05) is 0 Å². The minimum atomic E-state index is 0.147. The van der Waals surface area contributed by atoms with Crippen LogP contribution in [0.25, 0.3) is 105 Å². The monoisotopic (exact) mass is 843 g/mol. The molecule has 0 radical (unpaired) electrons. The maximum absolute atomic E-state index is 3.95. The number of benzene rings is 10. The topological polar surface area (TPSA) is 21.9 Å². The van der Waals surface area contributed by atoms with Crippen LogP contribution in [0, 0.1) is 0 Å². The number of fused-ring (bicyclic) bond motifs is 7. The molecule has 1 N–H and O–H groups in total. The minimum absolute atomic E-state index is 0.147. The SMILES string of the molecule is C1=CC(c2cccc(-c3ccc(-c4ccccc4)cc3)c2)NC1Cn1c2ccccc2c2cc(-c3ccc4c(c3)c3ccccc3n4-c3ccc(-c4ccc5ccccc5c4)cc3)ccc21. The number of hydrogen-bond donors (Lipinski definition) is 1. The molecule has 2 aromatic heterocycles. The molecule has 1 aliphatic rings. The predicted molar refractivity (Wildman–Crippen MR) is 278 cm³/mol. The Hall–Kier alpha value is -8.24. The first-order chi connectivity index (χ1) is 32.7. The van der Waals surface area contributed by atoms with Crippen LogP contribution in [0.1, 0.15) is 11.6 Å². The van der Waals surface area contributed by atoms with Gasteiger partial charge in [0, 0.05) is 50.9 Å². The van der Waals surface area contributed by atoms with Crippen molar-refractivity contribution >= 4 is 54.4 Å². The highest BCUT2D eigenvalue weighted by Crippen LogP contribution is 2.39. The average Bonchev–Trinajstić information content (AvgIpc) is 4.09. The third-order valence-corrected chi connectivity index (χ3v) is 13.9. The molecular formula is C63H45N3. The highest BCUT2D eigenvalue weighted by molar-refractivity contribution is 6.12. The molecule has 1 aliphatic heterocycles. The molecule has 12 aromatic rings. The standard InChI is InChI=1S/C63H45N3/c1-2-11-42(12-3-1)44-21-23-45(24-22-44)48-15-10-16-52(38-48)59-34-31-53(64-59)41-65-60-19-8-6-17-55(60)57-39-50(29-35-61(57)65)51-30-36-63-58(40-51)56-18-7-9-20-62(56)66(63)54-32-27-46(28-33-54)49-26-25-43-13-4-5-14-47(43)37-49/h1-40,53,59,64H,41H2. The average molecular weight is 844 g/mol. The molecule has 10 aromatic carbocycles. The van der Waals surface area contributed by atoms with Crippen molar-refractivity contribution in [3.8, 4) is 50.2 Å². The zero-order chi connectivity index (χ0) is 43.6. The van der Waals surface area contributed by atoms with Gasteiger partial charge in [-0.25, -0.2) is 0 Å². The second kappa shape index (κ2) is 15.8. The third kappa shape index (κ3) is 6.63. The van der Waals surface area contributed by atoms with E-state index in [2.05, 4.69) is 257 Å². The summed E-state index contributed by atoms with van der Waals surface area (Å²) in [6.07, 6.45) is 4.69. The Balaban J connectivity index is 0.784. The summed E-state index contributed by atoms with van der Waals surface area (Å²) < 4.78 is 4.92. The lowest BCUT2D eigenvalue weighted by Gasteiger charge is -2.18. The first-order valence-corrected chi connectivity index (χ1v) is 23.0. The summed E-state index contributed by atoms with van der Waals surface area (Å²) in [5.74, 6) is 0. The van der Waals surface area contributed by atoms with E-state index in [4.69, 9.17) is 0 Å². The van der Waals surface area contributed by atoms with Crippen molar-refractivity contribution in [1.29, 1.82) is 0 Å². The van der Waals surface area contributed by atoms with Gasteiger partial charge >= 0.3 is 0 Å². The number of nitrogens with zero attached hydrogens (tertiary/aromatic N) is 2. The van der Waals surface area contributed by atoms with Crippen LogP contribution in [0.5, 0.6) is 0 Å². The molecule has 0 bridgehead atoms. The molecule has 0 saturated heterocycles. The van der Waals surface area contributed by atoms with E-state index >= 15 is 0 Å². The van der Waals surface area contributed by atoms with Crippen LogP contribution in [0.2, 0.25) is 0 Å². The summed E-state index contributed by atoms with van der Waals surface area (Å²) in [7, 11) is 0. The van der Waals surface area contributed by atoms with Crippen molar-refractivity contribution < 1.29 is 0 Å². The van der Waals surface area contributed by atoms with Gasteiger partial charge in [-0.1, -0.05) is 182 Å². The summed E-state index contributed by atoms with van der Waals surface area (Å²) in [5.41, 5.74) is 17.2. The van der Waals surface area contributed by atoms with Crippen molar-refractivity contribution in [1.82, 2.24) is 14.5 Å². The van der Waals surface area contributed by atoms with E-state index in [0.717, 1.165) is 12.2 Å². The smallest absolute Gasteiger partial charge is 0.0541 e. The van der Waals surface area contributed by atoms with E-state index in [9.17, 15) is 0 Å². The summed E-state index contributed by atoms with van der Waals surface area (Å²) in [6.45, 7) is 0.839. The van der Waals surface area contributed by atoms with Crippen molar-refractivity contribution in [3.05, 3.63) is 248 Å². The van der Waals surface area contributed by atoms with Gasteiger partial charge in [0.15, 0.2) is 0 Å². The lowest BCUT2D eigenvalue weighted by atomic mass is 9.97. The summed E-state index contributed by atoms with van der Waals surface area (Å²) >= 11 is 0. The van der Waals surface area contributed by atoms with Crippen molar-refractivity contribution in [2.24, 2.45) is 0 Å². The molecule has 3 nitrogen and oxygen atoms in total. The molecule has 0 spiro atoms. The molecule has 66 heavy (non-hydrogen) atoms. The van der Waals surface area contributed by atoms with Gasteiger partial charge in [-0.15, -0.1) is 0 Å². The van der Waals surface area contributed by atoms with Gasteiger partial charge in [-0.3, -0.25) is 5.32 Å². The third-order valence-electron chi connectivity index (χ3n) is 13.9. The number of aromatic nitrogens is 2. The second-order valence-electron chi connectivity index (χ2n) is 17.8. The molecule has 2 unspecified atom stereocenters. The lowest BCUT2D eigenvalue weighted by molar-refractivity contribution is 0.527. The molecule has 2 atom stereocenters. The Kier molecular flexibility index (Phi) is 9.14. The molecule has 13 rings (SSSR count). The molecular weight excluding hydrogens is 799 g/mol. The van der Waals surface area contributed by atoms with E-state index in [-0.39, 0.29) is 12.1 Å². The Morgan fingerprint density at radius 1 is 0.333 bits per heavy atom. The predicted octanol–water partition coefficient (Wildman–Crippen LogP) is 16.0. The van der Waals surface area contributed by atoms with Crippen LogP contribution in [0.15, 0.2) is 243 Å². The number of para-hydroxylation sites is 2. The van der Waals surface area contributed by atoms with Gasteiger partial charge in [0.1, 0.15) is 0 Å². The largest absolute Gasteiger partial charge is 0.339 e. The number of nitrogens with one attached hydrogen (secondary N) is 1. The van der Waals surface area contributed by atoms with Gasteiger partial charge in [-0.2, -0.15) is 0 Å². The van der Waals surface area contributed by atoms with Gasteiger partial charge in [0.2, 0.25) is 0 Å². The number of rotatable bonds is 8. The van der Waals surface area contributed by atoms with Crippen molar-refractivity contribution in [2.75, 3.05) is 0 Å². The van der Waals surface area contributed by atoms with Gasteiger partial charge < -0.3 is 9.13 Å². The van der Waals surface area contributed by atoms with Crippen LogP contribution in [0.4, 0.5) is 0 Å². The minimum Gasteiger partial charge on any atom is -0.339 e. The molecule has 3 heterocycles. The number of hydrogen-bond acceptors (Lipinski definition) is 1. The quantitative estimate of drug-likeness (QED) is 0.151. The summed E-state index contributed by atoms with van der Waals surface area (Å²) in [6, 6.07) is 84.8. The molecule has 0 saturated carbocycles. The van der Waals surface area contributed by atoms with Gasteiger partial charge in [-0.05, 0) is 122 Å². The fourth-order valence-corrected chi connectivity index (χ4v) is 10.5. The summed E-state index contributed by atoms with van der Waals surface area (Å²) in [5, 5.41) is 11.5. The molecule has 3 heteroatoms. The van der Waals surface area contributed by atoms with E-state index in [0.29, 0.717) is 0 Å². The molecule has 0 amide bonds. The van der Waals surface area contributed by atoms with Crippen LogP contribution >= 0.6 is 0 Å². The highest BCUT2D eigenvalue weighted by atomic mass is 15.1. The molecule has 312 valence electrons. The fraction of sp³-hybridized carbons (Fsp3) is 0.0476. The fourth-order valence-electron chi connectivity index (χ4n) is 10.5. The lowest BCUT2D eigenvalue weighted by Crippen LogP contribution is -2.29. The molecule has 0 aliphatic carbocycles. The maximum atomic E-state index is 3.95. The second-order valence-corrected chi connectivity index (χ2v) is 17.8. The summed E-state index contributed by atoms with van der Waals surface area (Å²) in [4.78, 5) is 0. The van der Waals surface area contributed by atoms with Gasteiger partial charge in [0.25, 0.3) is 0 Å². The normalized spacial score (nSPS) is 14.9. The highest BCUT2D eigenvalue weighted by Gasteiger charge is 2.22. The van der Waals surface area contributed by atoms with Crippen LogP contribution in [-0.2, 0) is 6.54 Å². The van der Waals surface area contributed by atoms with E-state index < -0.39 is 0 Å². The van der Waals surface area contributed by atoms with Crippen LogP contribution in [0.3, 0.4) is 0 Å². The zero-order valence-corrected chi connectivity index (χ0v) is 36.4.